The topological polar surface area (TPSA) is 75.7 Å². The molecule has 0 aromatic heterocycles. The van der Waals surface area contributed by atoms with Crippen molar-refractivity contribution in [2.45, 2.75) is 12.8 Å². The van der Waals surface area contributed by atoms with Gasteiger partial charge < -0.3 is 10.1 Å². The maximum atomic E-state index is 11.8. The highest BCUT2D eigenvalue weighted by molar-refractivity contribution is 7.92. The van der Waals surface area contributed by atoms with Gasteiger partial charge in [-0.15, -0.1) is 0 Å². The fourth-order valence-corrected chi connectivity index (χ4v) is 3.11. The van der Waals surface area contributed by atoms with Gasteiger partial charge in [0.2, 0.25) is 15.9 Å². The smallest absolute Gasteiger partial charge is 0.232 e. The molecule has 0 spiro atoms. The molecule has 1 saturated carbocycles. The Hall–Kier alpha value is -1.76. The summed E-state index contributed by atoms with van der Waals surface area (Å²) in [6.45, 7) is 0.611. The molecule has 0 unspecified atom stereocenters. The molecule has 1 N–H and O–H groups in total. The Kier molecular flexibility index (Phi) is 3.08. The maximum absolute atomic E-state index is 11.8. The van der Waals surface area contributed by atoms with Gasteiger partial charge in [-0.1, -0.05) is 0 Å². The van der Waals surface area contributed by atoms with E-state index in [2.05, 4.69) is 5.32 Å². The SMILES string of the molecule is CS(=O)(=O)N1CCOc2ccc(NC(=O)C3CC3)cc21. The third-order valence-electron chi connectivity index (χ3n) is 3.40. The van der Waals surface area contributed by atoms with Gasteiger partial charge in [-0.3, -0.25) is 9.10 Å². The minimum absolute atomic E-state index is 0.00687. The Bertz CT molecular complexity index is 652. The highest BCUT2D eigenvalue weighted by atomic mass is 32.2. The normalized spacial score (nSPS) is 18.1. The van der Waals surface area contributed by atoms with E-state index < -0.39 is 10.0 Å². The molecule has 0 bridgehead atoms. The lowest BCUT2D eigenvalue weighted by Crippen LogP contribution is -2.37. The van der Waals surface area contributed by atoms with Crippen LogP contribution in [-0.2, 0) is 14.8 Å². The van der Waals surface area contributed by atoms with E-state index in [4.69, 9.17) is 4.74 Å². The second-order valence-corrected chi connectivity index (χ2v) is 7.04. The summed E-state index contributed by atoms with van der Waals surface area (Å²) in [6.07, 6.45) is 3.02. The number of nitrogens with zero attached hydrogens (tertiary/aromatic N) is 1. The van der Waals surface area contributed by atoms with Gasteiger partial charge in [-0.2, -0.15) is 0 Å². The van der Waals surface area contributed by atoms with Crippen molar-refractivity contribution in [3.8, 4) is 5.75 Å². The first kappa shape index (κ1) is 13.2. The number of nitrogens with one attached hydrogen (secondary N) is 1. The van der Waals surface area contributed by atoms with Crippen LogP contribution in [0.3, 0.4) is 0 Å². The molecule has 2 aliphatic rings. The molecule has 1 aliphatic carbocycles. The van der Waals surface area contributed by atoms with E-state index in [-0.39, 0.29) is 18.4 Å². The molecule has 7 heteroatoms. The van der Waals surface area contributed by atoms with E-state index in [1.807, 2.05) is 0 Å². The van der Waals surface area contributed by atoms with Gasteiger partial charge >= 0.3 is 0 Å². The van der Waals surface area contributed by atoms with Crippen molar-refractivity contribution in [3.63, 3.8) is 0 Å². The van der Waals surface area contributed by atoms with Crippen LogP contribution in [0.1, 0.15) is 12.8 Å². The quantitative estimate of drug-likeness (QED) is 0.909. The number of anilines is 2. The van der Waals surface area contributed by atoms with E-state index in [0.717, 1.165) is 19.1 Å². The Balaban J connectivity index is 1.91. The Morgan fingerprint density at radius 2 is 2.15 bits per heavy atom. The standard InChI is InChI=1S/C13H16N2O4S/c1-20(17,18)15-6-7-19-12-5-4-10(8-11(12)15)14-13(16)9-2-3-9/h4-5,8-9H,2-3,6-7H2,1H3,(H,14,16). The van der Waals surface area contributed by atoms with Crippen molar-refractivity contribution >= 4 is 27.3 Å². The van der Waals surface area contributed by atoms with Gasteiger partial charge in [0.05, 0.1) is 18.5 Å². The van der Waals surface area contributed by atoms with Gasteiger partial charge in [-0.05, 0) is 31.0 Å². The number of ether oxygens (including phenoxy) is 1. The number of sulfonamides is 1. The molecule has 3 rings (SSSR count). The summed E-state index contributed by atoms with van der Waals surface area (Å²) in [5.41, 5.74) is 1.08. The monoisotopic (exact) mass is 296 g/mol. The molecule has 0 radical (unpaired) electrons. The molecular weight excluding hydrogens is 280 g/mol. The zero-order chi connectivity index (χ0) is 14.3. The fourth-order valence-electron chi connectivity index (χ4n) is 2.21. The second-order valence-electron chi connectivity index (χ2n) is 5.13. The van der Waals surface area contributed by atoms with Crippen molar-refractivity contribution in [1.29, 1.82) is 0 Å². The van der Waals surface area contributed by atoms with E-state index in [9.17, 15) is 13.2 Å². The van der Waals surface area contributed by atoms with Gasteiger partial charge in [0.25, 0.3) is 0 Å². The highest BCUT2D eigenvalue weighted by Gasteiger charge is 2.30. The molecule has 1 aromatic carbocycles. The molecular formula is C13H16N2O4S. The molecule has 1 heterocycles. The molecule has 1 fully saturated rings. The summed E-state index contributed by atoms with van der Waals surface area (Å²) in [5, 5.41) is 2.81. The molecule has 1 aromatic rings. The van der Waals surface area contributed by atoms with E-state index in [1.54, 1.807) is 18.2 Å². The molecule has 6 nitrogen and oxygen atoms in total. The lowest BCUT2D eigenvalue weighted by atomic mass is 10.2. The van der Waals surface area contributed by atoms with Gasteiger partial charge in [-0.25, -0.2) is 8.42 Å². The Labute approximate surface area is 117 Å². The van der Waals surface area contributed by atoms with Crippen LogP contribution in [0.25, 0.3) is 0 Å². The summed E-state index contributed by atoms with van der Waals surface area (Å²) >= 11 is 0. The van der Waals surface area contributed by atoms with Crippen molar-refractivity contribution < 1.29 is 17.9 Å². The first-order chi connectivity index (χ1) is 9.45. The van der Waals surface area contributed by atoms with Gasteiger partial charge in [0.15, 0.2) is 0 Å². The summed E-state index contributed by atoms with van der Waals surface area (Å²) in [4.78, 5) is 11.7. The average molecular weight is 296 g/mol. The third-order valence-corrected chi connectivity index (χ3v) is 4.58. The molecule has 1 amide bonds. The average Bonchev–Trinajstić information content (AvgIpc) is 3.21. The summed E-state index contributed by atoms with van der Waals surface area (Å²) in [7, 11) is -3.35. The van der Waals surface area contributed by atoms with E-state index >= 15 is 0 Å². The second kappa shape index (κ2) is 4.66. The largest absolute Gasteiger partial charge is 0.489 e. The Morgan fingerprint density at radius 1 is 1.40 bits per heavy atom. The summed E-state index contributed by atoms with van der Waals surface area (Å²) in [6, 6.07) is 5.07. The van der Waals surface area contributed by atoms with Crippen molar-refractivity contribution in [1.82, 2.24) is 0 Å². The highest BCUT2D eigenvalue weighted by Crippen LogP contribution is 2.36. The molecule has 108 valence electrons. The van der Waals surface area contributed by atoms with Crippen LogP contribution in [0.2, 0.25) is 0 Å². The number of amides is 1. The number of hydrogen-bond acceptors (Lipinski definition) is 4. The number of rotatable bonds is 3. The predicted molar refractivity (Wildman–Crippen MR) is 75.5 cm³/mol. The van der Waals surface area contributed by atoms with E-state index in [0.29, 0.717) is 23.7 Å². The molecule has 1 aliphatic heterocycles. The first-order valence-corrected chi connectivity index (χ1v) is 8.35. The van der Waals surface area contributed by atoms with Crippen LogP contribution in [-0.4, -0.2) is 33.7 Å². The zero-order valence-electron chi connectivity index (χ0n) is 11.1. The van der Waals surface area contributed by atoms with Crippen LogP contribution >= 0.6 is 0 Å². The lowest BCUT2D eigenvalue weighted by Gasteiger charge is -2.29. The summed E-state index contributed by atoms with van der Waals surface area (Å²) < 4.78 is 30.3. The predicted octanol–water partition coefficient (Wildman–Crippen LogP) is 1.19. The third kappa shape index (κ3) is 2.58. The molecule has 20 heavy (non-hydrogen) atoms. The van der Waals surface area contributed by atoms with E-state index in [1.165, 1.54) is 4.31 Å². The zero-order valence-corrected chi connectivity index (χ0v) is 11.9. The van der Waals surface area contributed by atoms with Crippen LogP contribution < -0.4 is 14.4 Å². The lowest BCUT2D eigenvalue weighted by molar-refractivity contribution is -0.117. The van der Waals surface area contributed by atoms with Crippen molar-refractivity contribution in [2.75, 3.05) is 29.0 Å². The molecule has 0 saturated heterocycles. The van der Waals surface area contributed by atoms with Crippen molar-refractivity contribution in [2.24, 2.45) is 5.92 Å². The Morgan fingerprint density at radius 3 is 2.80 bits per heavy atom. The number of fused-ring (bicyclic) bond motifs is 1. The summed E-state index contributed by atoms with van der Waals surface area (Å²) in [5.74, 6) is 0.618. The minimum Gasteiger partial charge on any atom is -0.489 e. The van der Waals surface area contributed by atoms with Crippen LogP contribution in [0, 0.1) is 5.92 Å². The maximum Gasteiger partial charge on any atom is 0.232 e. The number of carbonyl (C=O) groups excluding carboxylic acids is 1. The number of benzene rings is 1. The number of hydrogen-bond donors (Lipinski definition) is 1. The van der Waals surface area contributed by atoms with Gasteiger partial charge in [0, 0.05) is 11.6 Å². The minimum atomic E-state index is -3.35. The van der Waals surface area contributed by atoms with Gasteiger partial charge in [0.1, 0.15) is 12.4 Å². The fraction of sp³-hybridized carbons (Fsp3) is 0.462. The molecule has 0 atom stereocenters. The van der Waals surface area contributed by atoms with Crippen LogP contribution in [0.4, 0.5) is 11.4 Å². The number of carbonyl (C=O) groups is 1. The van der Waals surface area contributed by atoms with Crippen molar-refractivity contribution in [3.05, 3.63) is 18.2 Å². The first-order valence-electron chi connectivity index (χ1n) is 6.50. The van der Waals surface area contributed by atoms with Crippen LogP contribution in [0.5, 0.6) is 5.75 Å². The van der Waals surface area contributed by atoms with Crippen LogP contribution in [0.15, 0.2) is 18.2 Å².